The number of benzene rings is 1. The zero-order valence-electron chi connectivity index (χ0n) is 20.8. The van der Waals surface area contributed by atoms with Crippen molar-refractivity contribution < 1.29 is 9.53 Å². The van der Waals surface area contributed by atoms with Gasteiger partial charge in [-0.3, -0.25) is 23.6 Å². The summed E-state index contributed by atoms with van der Waals surface area (Å²) in [6.07, 6.45) is 0. The summed E-state index contributed by atoms with van der Waals surface area (Å²) in [5, 5.41) is 0. The number of hydrogen-bond donors (Lipinski definition) is 1. The van der Waals surface area contributed by atoms with Crippen molar-refractivity contribution in [2.75, 3.05) is 31.1 Å². The number of aromatic nitrogens is 4. The van der Waals surface area contributed by atoms with Crippen molar-refractivity contribution in [3.05, 3.63) is 40.2 Å². The zero-order valence-corrected chi connectivity index (χ0v) is 20.8. The number of carbonyl (C=O) groups excluding carboxylic acids is 1. The van der Waals surface area contributed by atoms with Crippen LogP contribution in [0.1, 0.15) is 38.1 Å². The fourth-order valence-corrected chi connectivity index (χ4v) is 4.20. The second-order valence-corrected chi connectivity index (χ2v) is 9.46. The minimum absolute atomic E-state index is 0.0199. The number of para-hydroxylation sites is 1. The highest BCUT2D eigenvalue weighted by Gasteiger charge is 2.29. The van der Waals surface area contributed by atoms with Crippen LogP contribution in [-0.4, -0.2) is 61.6 Å². The van der Waals surface area contributed by atoms with Crippen molar-refractivity contribution in [1.82, 2.24) is 24.0 Å². The number of primary amides is 1. The SMILES string of the molecule is CC#CCn1c(N2CCN(C(C)(C)C)CC2)nc2nc(Oc3ccccc3C(N)=O)n(C)c(=O)c21. The molecule has 0 bridgehead atoms. The van der Waals surface area contributed by atoms with Crippen LogP contribution in [0.2, 0.25) is 0 Å². The number of anilines is 1. The number of ether oxygens (including phenoxy) is 1. The average Bonchev–Trinajstić information content (AvgIpc) is 3.19. The van der Waals surface area contributed by atoms with Crippen LogP contribution < -0.4 is 20.9 Å². The number of hydrogen-bond acceptors (Lipinski definition) is 7. The first kappa shape index (κ1) is 24.3. The van der Waals surface area contributed by atoms with Gasteiger partial charge >= 0.3 is 6.01 Å². The van der Waals surface area contributed by atoms with E-state index in [9.17, 15) is 9.59 Å². The van der Waals surface area contributed by atoms with E-state index in [1.165, 1.54) is 4.57 Å². The minimum Gasteiger partial charge on any atom is -0.425 e. The number of fused-ring (bicyclic) bond motifs is 1. The zero-order chi connectivity index (χ0) is 25.3. The lowest BCUT2D eigenvalue weighted by atomic mass is 10.1. The topological polar surface area (TPSA) is 112 Å². The summed E-state index contributed by atoms with van der Waals surface area (Å²) < 4.78 is 9.00. The second-order valence-electron chi connectivity index (χ2n) is 9.46. The Balaban J connectivity index is 1.77. The third kappa shape index (κ3) is 4.72. The van der Waals surface area contributed by atoms with Gasteiger partial charge in [0.2, 0.25) is 5.95 Å². The van der Waals surface area contributed by atoms with Gasteiger partial charge in [-0.2, -0.15) is 9.97 Å². The number of nitrogens with two attached hydrogens (primary N) is 1. The van der Waals surface area contributed by atoms with Gasteiger partial charge in [0.1, 0.15) is 5.75 Å². The predicted molar refractivity (Wildman–Crippen MR) is 135 cm³/mol. The number of carbonyl (C=O) groups is 1. The molecule has 1 aliphatic rings. The van der Waals surface area contributed by atoms with Crippen molar-refractivity contribution in [2.24, 2.45) is 12.8 Å². The highest BCUT2D eigenvalue weighted by Crippen LogP contribution is 2.27. The Morgan fingerprint density at radius 3 is 2.46 bits per heavy atom. The molecule has 1 saturated heterocycles. The molecule has 1 amide bonds. The van der Waals surface area contributed by atoms with Crippen LogP contribution in [-0.2, 0) is 13.6 Å². The summed E-state index contributed by atoms with van der Waals surface area (Å²) in [7, 11) is 1.57. The Morgan fingerprint density at radius 1 is 1.14 bits per heavy atom. The molecule has 0 aliphatic carbocycles. The van der Waals surface area contributed by atoms with Gasteiger partial charge in [0, 0.05) is 38.8 Å². The number of amides is 1. The Kier molecular flexibility index (Phi) is 6.54. The standard InChI is InChI=1S/C25H31N7O3/c1-6-7-12-32-19-21(27-23(32)30-13-15-31(16-14-30)25(2,3)4)28-24(29(5)22(19)34)35-18-11-9-8-10-17(18)20(26)33/h8-11H,12-16H2,1-5H3,(H2,26,33). The Morgan fingerprint density at radius 2 is 1.83 bits per heavy atom. The predicted octanol–water partition coefficient (Wildman–Crippen LogP) is 1.97. The molecule has 10 nitrogen and oxygen atoms in total. The second kappa shape index (κ2) is 9.43. The molecule has 1 aromatic carbocycles. The van der Waals surface area contributed by atoms with Gasteiger partial charge < -0.3 is 15.4 Å². The number of piperazine rings is 1. The van der Waals surface area contributed by atoms with Crippen molar-refractivity contribution in [2.45, 2.75) is 39.8 Å². The van der Waals surface area contributed by atoms with E-state index >= 15 is 0 Å². The van der Waals surface area contributed by atoms with Crippen LogP contribution in [0.5, 0.6) is 11.8 Å². The van der Waals surface area contributed by atoms with Crippen LogP contribution in [0.3, 0.4) is 0 Å². The van der Waals surface area contributed by atoms with Crippen molar-refractivity contribution in [3.8, 4) is 23.6 Å². The van der Waals surface area contributed by atoms with Gasteiger partial charge in [0.25, 0.3) is 11.5 Å². The maximum absolute atomic E-state index is 13.4. The van der Waals surface area contributed by atoms with Crippen LogP contribution in [0.25, 0.3) is 11.2 Å². The van der Waals surface area contributed by atoms with Crippen molar-refractivity contribution in [1.29, 1.82) is 0 Å². The van der Waals surface area contributed by atoms with Crippen LogP contribution in [0, 0.1) is 11.8 Å². The van der Waals surface area contributed by atoms with E-state index in [1.54, 1.807) is 38.2 Å². The van der Waals surface area contributed by atoms with E-state index in [-0.39, 0.29) is 34.1 Å². The van der Waals surface area contributed by atoms with Gasteiger partial charge in [-0.05, 0) is 39.8 Å². The molecule has 3 aromatic rings. The van der Waals surface area contributed by atoms with Crippen LogP contribution in [0.15, 0.2) is 29.1 Å². The van der Waals surface area contributed by atoms with E-state index in [1.807, 2.05) is 4.57 Å². The van der Waals surface area contributed by atoms with E-state index in [4.69, 9.17) is 15.5 Å². The molecule has 0 radical (unpaired) electrons. The fourth-order valence-electron chi connectivity index (χ4n) is 4.20. The van der Waals surface area contributed by atoms with Gasteiger partial charge in [-0.1, -0.05) is 18.1 Å². The Hall–Kier alpha value is -3.84. The van der Waals surface area contributed by atoms with Crippen molar-refractivity contribution in [3.63, 3.8) is 0 Å². The summed E-state index contributed by atoms with van der Waals surface area (Å²) in [6.45, 7) is 12.0. The molecule has 1 aliphatic heterocycles. The normalized spacial score (nSPS) is 14.6. The number of nitrogens with zero attached hydrogens (tertiary/aromatic N) is 6. The molecule has 0 spiro atoms. The minimum atomic E-state index is -0.634. The molecular weight excluding hydrogens is 446 g/mol. The summed E-state index contributed by atoms with van der Waals surface area (Å²) in [5.41, 5.74) is 6.07. The molecule has 35 heavy (non-hydrogen) atoms. The maximum atomic E-state index is 13.4. The van der Waals surface area contributed by atoms with E-state index in [0.29, 0.717) is 18.0 Å². The van der Waals surface area contributed by atoms with Gasteiger partial charge in [-0.15, -0.1) is 5.92 Å². The highest BCUT2D eigenvalue weighted by atomic mass is 16.5. The van der Waals surface area contributed by atoms with Crippen LogP contribution in [0.4, 0.5) is 5.95 Å². The lowest BCUT2D eigenvalue weighted by molar-refractivity contribution is 0.0998. The third-order valence-corrected chi connectivity index (χ3v) is 6.20. The average molecular weight is 478 g/mol. The van der Waals surface area contributed by atoms with E-state index in [0.717, 1.165) is 26.2 Å². The molecule has 2 N–H and O–H groups in total. The summed E-state index contributed by atoms with van der Waals surface area (Å²) >= 11 is 0. The summed E-state index contributed by atoms with van der Waals surface area (Å²) in [6, 6.07) is 6.58. The molecule has 2 aromatic heterocycles. The lowest BCUT2D eigenvalue weighted by Gasteiger charge is -2.42. The fraction of sp³-hybridized carbons (Fsp3) is 0.440. The van der Waals surface area contributed by atoms with E-state index < -0.39 is 5.91 Å². The molecule has 0 atom stereocenters. The maximum Gasteiger partial charge on any atom is 0.306 e. The third-order valence-electron chi connectivity index (χ3n) is 6.20. The monoisotopic (exact) mass is 477 g/mol. The molecule has 1 fully saturated rings. The number of imidazole rings is 1. The number of rotatable bonds is 5. The van der Waals surface area contributed by atoms with Crippen molar-refractivity contribution >= 4 is 23.0 Å². The molecule has 3 heterocycles. The van der Waals surface area contributed by atoms with Crippen LogP contribution >= 0.6 is 0 Å². The summed E-state index contributed by atoms with van der Waals surface area (Å²) in [5.74, 6) is 6.20. The lowest BCUT2D eigenvalue weighted by Crippen LogP contribution is -2.54. The molecule has 4 rings (SSSR count). The van der Waals surface area contributed by atoms with Gasteiger partial charge in [-0.25, -0.2) is 0 Å². The first-order valence-corrected chi connectivity index (χ1v) is 11.6. The Labute approximate surface area is 204 Å². The molecular formula is C25H31N7O3. The first-order chi connectivity index (χ1) is 16.6. The van der Waals surface area contributed by atoms with E-state index in [2.05, 4.69) is 47.4 Å². The molecule has 184 valence electrons. The molecule has 0 unspecified atom stereocenters. The Bertz CT molecular complexity index is 1380. The largest absolute Gasteiger partial charge is 0.425 e. The quantitative estimate of drug-likeness (QED) is 0.559. The summed E-state index contributed by atoms with van der Waals surface area (Å²) in [4.78, 5) is 39.1. The van der Waals surface area contributed by atoms with Gasteiger partial charge in [0.15, 0.2) is 11.2 Å². The molecule has 0 saturated carbocycles. The first-order valence-electron chi connectivity index (χ1n) is 11.6. The molecule has 10 heteroatoms. The van der Waals surface area contributed by atoms with Gasteiger partial charge in [0.05, 0.1) is 12.1 Å². The smallest absolute Gasteiger partial charge is 0.306 e. The highest BCUT2D eigenvalue weighted by molar-refractivity contribution is 5.95.